The Bertz CT molecular complexity index is 581. The van der Waals surface area contributed by atoms with Crippen LogP contribution >= 0.6 is 0 Å². The summed E-state index contributed by atoms with van der Waals surface area (Å²) in [5.41, 5.74) is -0.113. The molecule has 1 heterocycles. The summed E-state index contributed by atoms with van der Waals surface area (Å²) in [5.74, 6) is -0.212. The fraction of sp³-hybridized carbons (Fsp3) is 0.400. The number of nitrogens with zero attached hydrogens (tertiary/aromatic N) is 1. The standard InChI is InChI=1S/C10H13N3O4S/c1-12-9(14)8-4-7(17-6-2-3-6)5-13-10(8)18(11,15)16/h4-6H,2-3H2,1H3,(H,12,14)(H2,11,15,16). The smallest absolute Gasteiger partial charge is 0.256 e. The Morgan fingerprint density at radius 3 is 2.72 bits per heavy atom. The highest BCUT2D eigenvalue weighted by molar-refractivity contribution is 7.89. The van der Waals surface area contributed by atoms with E-state index in [1.54, 1.807) is 0 Å². The lowest BCUT2D eigenvalue weighted by molar-refractivity contribution is 0.0958. The minimum Gasteiger partial charge on any atom is -0.489 e. The molecule has 0 radical (unpaired) electrons. The number of carbonyl (C=O) groups is 1. The van der Waals surface area contributed by atoms with E-state index in [4.69, 9.17) is 9.88 Å². The van der Waals surface area contributed by atoms with Crippen LogP contribution in [0.5, 0.6) is 5.75 Å². The number of carbonyl (C=O) groups excluding carboxylic acids is 1. The minimum atomic E-state index is -4.05. The highest BCUT2D eigenvalue weighted by Crippen LogP contribution is 2.27. The van der Waals surface area contributed by atoms with Crippen molar-refractivity contribution in [2.24, 2.45) is 5.14 Å². The number of hydrogen-bond donors (Lipinski definition) is 2. The Balaban J connectivity index is 2.43. The van der Waals surface area contributed by atoms with Gasteiger partial charge in [0.2, 0.25) is 0 Å². The van der Waals surface area contributed by atoms with Crippen LogP contribution in [0.25, 0.3) is 0 Å². The van der Waals surface area contributed by atoms with Crippen LogP contribution < -0.4 is 15.2 Å². The maximum absolute atomic E-state index is 11.6. The quantitative estimate of drug-likeness (QED) is 0.776. The molecule has 1 aliphatic carbocycles. The Labute approximate surface area is 104 Å². The molecule has 1 aromatic rings. The van der Waals surface area contributed by atoms with Crippen LogP contribution in [0.3, 0.4) is 0 Å². The first-order chi connectivity index (χ1) is 8.41. The topological polar surface area (TPSA) is 111 Å². The molecule has 1 aromatic heterocycles. The number of pyridine rings is 1. The van der Waals surface area contributed by atoms with E-state index in [9.17, 15) is 13.2 Å². The molecule has 7 nitrogen and oxygen atoms in total. The molecule has 0 atom stereocenters. The van der Waals surface area contributed by atoms with E-state index >= 15 is 0 Å². The molecule has 2 rings (SSSR count). The van der Waals surface area contributed by atoms with Crippen molar-refractivity contribution in [3.05, 3.63) is 17.8 Å². The molecule has 0 bridgehead atoms. The zero-order valence-corrected chi connectivity index (χ0v) is 10.5. The molecule has 0 spiro atoms. The predicted molar refractivity (Wildman–Crippen MR) is 62.7 cm³/mol. The number of amides is 1. The van der Waals surface area contributed by atoms with E-state index in [-0.39, 0.29) is 11.7 Å². The third kappa shape index (κ3) is 2.77. The van der Waals surface area contributed by atoms with E-state index in [2.05, 4.69) is 10.3 Å². The van der Waals surface area contributed by atoms with Gasteiger partial charge in [0.25, 0.3) is 15.9 Å². The molecule has 18 heavy (non-hydrogen) atoms. The largest absolute Gasteiger partial charge is 0.489 e. The van der Waals surface area contributed by atoms with Crippen molar-refractivity contribution in [3.8, 4) is 5.75 Å². The van der Waals surface area contributed by atoms with Crippen molar-refractivity contribution in [2.75, 3.05) is 7.05 Å². The molecule has 0 aromatic carbocycles. The number of ether oxygens (including phenoxy) is 1. The van der Waals surface area contributed by atoms with Gasteiger partial charge >= 0.3 is 0 Å². The monoisotopic (exact) mass is 271 g/mol. The lowest BCUT2D eigenvalue weighted by atomic mass is 10.2. The number of aromatic nitrogens is 1. The fourth-order valence-corrected chi connectivity index (χ4v) is 2.06. The van der Waals surface area contributed by atoms with E-state index < -0.39 is 21.0 Å². The van der Waals surface area contributed by atoms with Crippen LogP contribution in [0, 0.1) is 0 Å². The molecule has 1 saturated carbocycles. The third-order valence-electron chi connectivity index (χ3n) is 2.39. The van der Waals surface area contributed by atoms with Gasteiger partial charge in [-0.05, 0) is 18.9 Å². The SMILES string of the molecule is CNC(=O)c1cc(OC2CC2)cnc1S(N)(=O)=O. The van der Waals surface area contributed by atoms with Crippen molar-refractivity contribution in [3.63, 3.8) is 0 Å². The first-order valence-corrected chi connectivity index (χ1v) is 6.88. The maximum Gasteiger partial charge on any atom is 0.256 e. The first kappa shape index (κ1) is 12.8. The third-order valence-corrected chi connectivity index (χ3v) is 3.26. The highest BCUT2D eigenvalue weighted by atomic mass is 32.2. The van der Waals surface area contributed by atoms with Gasteiger partial charge in [0.15, 0.2) is 5.03 Å². The molecule has 8 heteroatoms. The number of rotatable bonds is 4. The Hall–Kier alpha value is -1.67. The summed E-state index contributed by atoms with van der Waals surface area (Å²) in [5, 5.41) is 6.88. The fourth-order valence-electron chi connectivity index (χ4n) is 1.40. The second-order valence-corrected chi connectivity index (χ2v) is 5.44. The predicted octanol–water partition coefficient (Wildman–Crippen LogP) is -0.370. The number of nitrogens with two attached hydrogens (primary N) is 1. The van der Waals surface area contributed by atoms with Crippen LogP contribution in [0.4, 0.5) is 0 Å². The lowest BCUT2D eigenvalue weighted by Gasteiger charge is -2.09. The zero-order chi connectivity index (χ0) is 13.3. The Morgan fingerprint density at radius 1 is 1.56 bits per heavy atom. The summed E-state index contributed by atoms with van der Waals surface area (Å²) in [4.78, 5) is 15.3. The van der Waals surface area contributed by atoms with Crippen molar-refractivity contribution in [2.45, 2.75) is 24.0 Å². The normalized spacial score (nSPS) is 15.2. The van der Waals surface area contributed by atoms with Gasteiger partial charge in [-0.25, -0.2) is 18.5 Å². The van der Waals surface area contributed by atoms with Crippen LogP contribution in [-0.4, -0.2) is 32.5 Å². The average molecular weight is 271 g/mol. The minimum absolute atomic E-state index is 0.113. The van der Waals surface area contributed by atoms with E-state index in [0.29, 0.717) is 5.75 Å². The van der Waals surface area contributed by atoms with Gasteiger partial charge in [0.05, 0.1) is 17.9 Å². The summed E-state index contributed by atoms with van der Waals surface area (Å²) < 4.78 is 28.1. The number of hydrogen-bond acceptors (Lipinski definition) is 5. The average Bonchev–Trinajstić information content (AvgIpc) is 3.10. The van der Waals surface area contributed by atoms with Crippen LogP contribution in [0.1, 0.15) is 23.2 Å². The Kier molecular flexibility index (Phi) is 3.22. The molecular formula is C10H13N3O4S. The van der Waals surface area contributed by atoms with E-state index in [1.807, 2.05) is 0 Å². The van der Waals surface area contributed by atoms with Gasteiger partial charge in [-0.3, -0.25) is 4.79 Å². The van der Waals surface area contributed by atoms with Crippen LogP contribution in [0.15, 0.2) is 17.3 Å². The number of primary sulfonamides is 1. The number of sulfonamides is 1. The zero-order valence-electron chi connectivity index (χ0n) is 9.71. The lowest BCUT2D eigenvalue weighted by Crippen LogP contribution is -2.24. The van der Waals surface area contributed by atoms with E-state index in [0.717, 1.165) is 12.8 Å². The van der Waals surface area contributed by atoms with Crippen molar-refractivity contribution in [1.29, 1.82) is 0 Å². The van der Waals surface area contributed by atoms with Gasteiger partial charge in [0, 0.05) is 7.05 Å². The molecular weight excluding hydrogens is 258 g/mol. The first-order valence-electron chi connectivity index (χ1n) is 5.33. The molecule has 0 saturated heterocycles. The second kappa shape index (κ2) is 4.54. The molecule has 1 fully saturated rings. The molecule has 0 aliphatic heterocycles. The van der Waals surface area contributed by atoms with Crippen molar-refractivity contribution >= 4 is 15.9 Å². The van der Waals surface area contributed by atoms with Crippen LogP contribution in [-0.2, 0) is 10.0 Å². The molecule has 1 aliphatic rings. The Morgan fingerprint density at radius 2 is 2.22 bits per heavy atom. The van der Waals surface area contributed by atoms with E-state index in [1.165, 1.54) is 19.3 Å². The van der Waals surface area contributed by atoms with Gasteiger partial charge in [-0.15, -0.1) is 0 Å². The molecule has 0 unspecified atom stereocenters. The summed E-state index contributed by atoms with van der Waals surface area (Å²) in [7, 11) is -2.65. The molecule has 3 N–H and O–H groups in total. The van der Waals surface area contributed by atoms with Gasteiger partial charge in [0.1, 0.15) is 5.75 Å². The number of nitrogens with one attached hydrogen (secondary N) is 1. The maximum atomic E-state index is 11.6. The van der Waals surface area contributed by atoms with Gasteiger partial charge in [-0.2, -0.15) is 0 Å². The summed E-state index contributed by atoms with van der Waals surface area (Å²) in [6.07, 6.45) is 3.29. The van der Waals surface area contributed by atoms with Crippen molar-refractivity contribution < 1.29 is 17.9 Å². The second-order valence-electron chi connectivity index (χ2n) is 3.97. The summed E-state index contributed by atoms with van der Waals surface area (Å²) >= 11 is 0. The summed E-state index contributed by atoms with van der Waals surface area (Å²) in [6.45, 7) is 0. The molecule has 1 amide bonds. The van der Waals surface area contributed by atoms with Crippen molar-refractivity contribution in [1.82, 2.24) is 10.3 Å². The van der Waals surface area contributed by atoms with Gasteiger partial charge in [-0.1, -0.05) is 0 Å². The van der Waals surface area contributed by atoms with Crippen LogP contribution in [0.2, 0.25) is 0 Å². The molecule has 98 valence electrons. The summed E-state index contributed by atoms with van der Waals surface area (Å²) in [6, 6.07) is 1.34. The van der Waals surface area contributed by atoms with Gasteiger partial charge < -0.3 is 10.1 Å². The highest BCUT2D eigenvalue weighted by Gasteiger charge is 2.26.